The normalized spacial score (nSPS) is 14.2. The molecule has 29 heavy (non-hydrogen) atoms. The lowest BCUT2D eigenvalue weighted by Crippen LogP contribution is -2.47. The lowest BCUT2D eigenvalue weighted by atomic mass is 10.2. The minimum atomic E-state index is 0.0953. The number of nitrogens with zero attached hydrogens (tertiary/aromatic N) is 5. The first kappa shape index (κ1) is 19.0. The van der Waals surface area contributed by atoms with Gasteiger partial charge < -0.3 is 19.9 Å². The summed E-state index contributed by atoms with van der Waals surface area (Å²) in [6.07, 6.45) is 1.73. The van der Waals surface area contributed by atoms with E-state index in [1.54, 1.807) is 6.20 Å². The van der Waals surface area contributed by atoms with Gasteiger partial charge in [-0.3, -0.25) is 0 Å². The van der Waals surface area contributed by atoms with Crippen LogP contribution in [0.4, 0.5) is 23.1 Å². The standard InChI is InChI=1S/C22H26N6O/c1-17(2)29-20-11-7-6-10-19(20)24-21-16-23-26-22(25-21)28-14-12-27(13-15-28)18-8-4-3-5-9-18/h3-11,16-17H,12-15H2,1-2H3,(H,24,25,26). The van der Waals surface area contributed by atoms with E-state index in [2.05, 4.69) is 54.6 Å². The van der Waals surface area contributed by atoms with E-state index in [1.807, 2.05) is 44.2 Å². The maximum absolute atomic E-state index is 5.88. The summed E-state index contributed by atoms with van der Waals surface area (Å²) in [6.45, 7) is 7.58. The van der Waals surface area contributed by atoms with Crippen molar-refractivity contribution in [3.8, 4) is 5.75 Å². The Hall–Kier alpha value is -3.35. The number of benzene rings is 2. The molecule has 0 atom stereocenters. The summed E-state index contributed by atoms with van der Waals surface area (Å²) in [4.78, 5) is 9.23. The Labute approximate surface area is 171 Å². The molecule has 2 heterocycles. The number of piperazine rings is 1. The van der Waals surface area contributed by atoms with E-state index < -0.39 is 0 Å². The van der Waals surface area contributed by atoms with Crippen LogP contribution in [-0.4, -0.2) is 47.5 Å². The fourth-order valence-electron chi connectivity index (χ4n) is 3.36. The molecule has 0 saturated carbocycles. The van der Waals surface area contributed by atoms with Crippen LogP contribution in [0.15, 0.2) is 60.8 Å². The average molecular weight is 390 g/mol. The van der Waals surface area contributed by atoms with Gasteiger partial charge in [-0.2, -0.15) is 10.1 Å². The van der Waals surface area contributed by atoms with Gasteiger partial charge in [-0.25, -0.2) is 0 Å². The van der Waals surface area contributed by atoms with Gasteiger partial charge in [0.25, 0.3) is 0 Å². The highest BCUT2D eigenvalue weighted by Gasteiger charge is 2.20. The number of aromatic nitrogens is 3. The Morgan fingerprint density at radius 3 is 2.34 bits per heavy atom. The van der Waals surface area contributed by atoms with Gasteiger partial charge in [-0.15, -0.1) is 5.10 Å². The first-order valence-electron chi connectivity index (χ1n) is 9.96. The van der Waals surface area contributed by atoms with E-state index in [0.717, 1.165) is 37.6 Å². The maximum Gasteiger partial charge on any atom is 0.247 e. The van der Waals surface area contributed by atoms with Crippen LogP contribution in [-0.2, 0) is 0 Å². The van der Waals surface area contributed by atoms with Gasteiger partial charge in [0.1, 0.15) is 5.75 Å². The van der Waals surface area contributed by atoms with Crippen molar-refractivity contribution in [2.45, 2.75) is 20.0 Å². The summed E-state index contributed by atoms with van der Waals surface area (Å²) < 4.78 is 5.88. The molecule has 7 nitrogen and oxygen atoms in total. The largest absolute Gasteiger partial charge is 0.489 e. The maximum atomic E-state index is 5.88. The first-order chi connectivity index (χ1) is 14.2. The molecular weight excluding hydrogens is 364 g/mol. The van der Waals surface area contributed by atoms with E-state index in [-0.39, 0.29) is 6.10 Å². The van der Waals surface area contributed by atoms with E-state index in [9.17, 15) is 0 Å². The fourth-order valence-corrected chi connectivity index (χ4v) is 3.36. The van der Waals surface area contributed by atoms with E-state index in [0.29, 0.717) is 11.8 Å². The Morgan fingerprint density at radius 2 is 1.59 bits per heavy atom. The summed E-state index contributed by atoms with van der Waals surface area (Å²) in [5, 5.41) is 11.7. The molecule has 0 spiro atoms. The minimum absolute atomic E-state index is 0.0953. The van der Waals surface area contributed by atoms with Crippen LogP contribution in [0, 0.1) is 0 Å². The van der Waals surface area contributed by atoms with Gasteiger partial charge in [0, 0.05) is 31.9 Å². The van der Waals surface area contributed by atoms with Crippen molar-refractivity contribution in [2.24, 2.45) is 0 Å². The topological polar surface area (TPSA) is 66.4 Å². The van der Waals surface area contributed by atoms with Crippen molar-refractivity contribution in [3.05, 3.63) is 60.8 Å². The van der Waals surface area contributed by atoms with Crippen molar-refractivity contribution >= 4 is 23.1 Å². The second-order valence-electron chi connectivity index (χ2n) is 7.24. The molecule has 3 aromatic rings. The van der Waals surface area contributed by atoms with Crippen LogP contribution in [0.5, 0.6) is 5.75 Å². The van der Waals surface area contributed by atoms with Crippen molar-refractivity contribution < 1.29 is 4.74 Å². The van der Waals surface area contributed by atoms with Crippen molar-refractivity contribution in [2.75, 3.05) is 41.3 Å². The van der Waals surface area contributed by atoms with Gasteiger partial charge in [-0.1, -0.05) is 30.3 Å². The molecule has 1 aliphatic rings. The second-order valence-corrected chi connectivity index (χ2v) is 7.24. The molecule has 0 amide bonds. The number of anilines is 4. The third-order valence-electron chi connectivity index (χ3n) is 4.74. The quantitative estimate of drug-likeness (QED) is 0.688. The van der Waals surface area contributed by atoms with E-state index in [1.165, 1.54) is 5.69 Å². The molecule has 7 heteroatoms. The minimum Gasteiger partial charge on any atom is -0.489 e. The molecular formula is C22H26N6O. The lowest BCUT2D eigenvalue weighted by Gasteiger charge is -2.35. The second kappa shape index (κ2) is 8.77. The molecule has 0 radical (unpaired) electrons. The van der Waals surface area contributed by atoms with E-state index >= 15 is 0 Å². The van der Waals surface area contributed by atoms with E-state index in [4.69, 9.17) is 4.74 Å². The number of ether oxygens (including phenoxy) is 1. The number of para-hydroxylation sites is 3. The molecule has 0 unspecified atom stereocenters. The first-order valence-corrected chi connectivity index (χ1v) is 9.96. The smallest absolute Gasteiger partial charge is 0.247 e. The predicted molar refractivity (Wildman–Crippen MR) is 116 cm³/mol. The number of hydrogen-bond acceptors (Lipinski definition) is 7. The van der Waals surface area contributed by atoms with Crippen LogP contribution in [0.3, 0.4) is 0 Å². The molecule has 1 saturated heterocycles. The molecule has 0 bridgehead atoms. The number of rotatable bonds is 6. The zero-order valence-electron chi connectivity index (χ0n) is 16.8. The van der Waals surface area contributed by atoms with Crippen LogP contribution in [0.1, 0.15) is 13.8 Å². The molecule has 0 aliphatic carbocycles. The molecule has 2 aromatic carbocycles. The fraction of sp³-hybridized carbons (Fsp3) is 0.318. The molecule has 150 valence electrons. The highest BCUT2D eigenvalue weighted by atomic mass is 16.5. The molecule has 1 fully saturated rings. The summed E-state index contributed by atoms with van der Waals surface area (Å²) in [7, 11) is 0. The Bertz CT molecular complexity index is 925. The van der Waals surface area contributed by atoms with Gasteiger partial charge in [0.2, 0.25) is 5.95 Å². The SMILES string of the molecule is CC(C)Oc1ccccc1Nc1cnnc(N2CCN(c3ccccc3)CC2)n1. The highest BCUT2D eigenvalue weighted by molar-refractivity contribution is 5.64. The van der Waals surface area contributed by atoms with Gasteiger partial charge in [-0.05, 0) is 38.1 Å². The summed E-state index contributed by atoms with van der Waals surface area (Å²) in [5.41, 5.74) is 2.12. The van der Waals surface area contributed by atoms with Crippen LogP contribution in [0.2, 0.25) is 0 Å². The molecule has 1 aromatic heterocycles. The van der Waals surface area contributed by atoms with Gasteiger partial charge >= 0.3 is 0 Å². The van der Waals surface area contributed by atoms with Crippen molar-refractivity contribution in [3.63, 3.8) is 0 Å². The number of hydrogen-bond donors (Lipinski definition) is 1. The average Bonchev–Trinajstić information content (AvgIpc) is 2.76. The predicted octanol–water partition coefficient (Wildman–Crippen LogP) is 3.73. The monoisotopic (exact) mass is 390 g/mol. The third kappa shape index (κ3) is 4.74. The van der Waals surface area contributed by atoms with Crippen LogP contribution in [0.25, 0.3) is 0 Å². The summed E-state index contributed by atoms with van der Waals surface area (Å²) in [6, 6.07) is 18.3. The molecule has 4 rings (SSSR count). The Balaban J connectivity index is 1.44. The van der Waals surface area contributed by atoms with Gasteiger partial charge in [0.05, 0.1) is 18.0 Å². The zero-order valence-corrected chi connectivity index (χ0v) is 16.8. The highest BCUT2D eigenvalue weighted by Crippen LogP contribution is 2.28. The summed E-state index contributed by atoms with van der Waals surface area (Å²) in [5.74, 6) is 2.09. The van der Waals surface area contributed by atoms with Crippen molar-refractivity contribution in [1.29, 1.82) is 0 Å². The van der Waals surface area contributed by atoms with Gasteiger partial charge in [0.15, 0.2) is 5.82 Å². The summed E-state index contributed by atoms with van der Waals surface area (Å²) >= 11 is 0. The molecule has 1 aliphatic heterocycles. The van der Waals surface area contributed by atoms with Crippen LogP contribution >= 0.6 is 0 Å². The Kier molecular flexibility index (Phi) is 5.74. The molecule has 1 N–H and O–H groups in total. The third-order valence-corrected chi connectivity index (χ3v) is 4.74. The van der Waals surface area contributed by atoms with Crippen LogP contribution < -0.4 is 19.9 Å². The Morgan fingerprint density at radius 1 is 0.897 bits per heavy atom. The zero-order chi connectivity index (χ0) is 20.1. The van der Waals surface area contributed by atoms with Crippen molar-refractivity contribution in [1.82, 2.24) is 15.2 Å². The lowest BCUT2D eigenvalue weighted by molar-refractivity contribution is 0.244. The number of nitrogens with one attached hydrogen (secondary N) is 1.